The van der Waals surface area contributed by atoms with E-state index in [4.69, 9.17) is 10.5 Å². The molecule has 1 aromatic rings. The number of nitrogens with two attached hydrogens (primary N) is 1. The topological polar surface area (TPSA) is 56.3 Å². The van der Waals surface area contributed by atoms with E-state index in [9.17, 15) is 0 Å². The molecule has 1 heterocycles. The molecule has 0 radical (unpaired) electrons. The summed E-state index contributed by atoms with van der Waals surface area (Å²) >= 11 is 0. The van der Waals surface area contributed by atoms with Gasteiger partial charge < -0.3 is 15.4 Å². The average Bonchev–Trinajstić information content (AvgIpc) is 2.67. The molecule has 0 fully saturated rings. The second kappa shape index (κ2) is 6.02. The zero-order valence-corrected chi connectivity index (χ0v) is 11.5. The first-order valence-electron chi connectivity index (χ1n) is 5.97. The third kappa shape index (κ3) is 3.44. The molecule has 1 atom stereocenters. The highest BCUT2D eigenvalue weighted by molar-refractivity contribution is 5.28. The van der Waals surface area contributed by atoms with Crippen molar-refractivity contribution in [3.63, 3.8) is 0 Å². The van der Waals surface area contributed by atoms with E-state index in [2.05, 4.69) is 23.8 Å². The Balaban J connectivity index is 2.93. The molecule has 0 bridgehead atoms. The minimum absolute atomic E-state index is 0.0467. The maximum absolute atomic E-state index is 6.21. The SMILES string of the molecule is COc1cnn(CCN(C)C)c1C(N)C(C)C. The summed E-state index contributed by atoms with van der Waals surface area (Å²) in [6, 6.07) is -0.0467. The van der Waals surface area contributed by atoms with Gasteiger partial charge in [0.1, 0.15) is 0 Å². The van der Waals surface area contributed by atoms with Gasteiger partial charge in [-0.1, -0.05) is 13.8 Å². The van der Waals surface area contributed by atoms with E-state index >= 15 is 0 Å². The molecule has 1 aromatic heterocycles. The Morgan fingerprint density at radius 2 is 2.12 bits per heavy atom. The number of rotatable bonds is 6. The second-order valence-electron chi connectivity index (χ2n) is 4.89. The van der Waals surface area contributed by atoms with Crippen molar-refractivity contribution in [2.45, 2.75) is 26.4 Å². The molecule has 5 nitrogen and oxygen atoms in total. The summed E-state index contributed by atoms with van der Waals surface area (Å²) < 4.78 is 7.28. The van der Waals surface area contributed by atoms with Gasteiger partial charge in [0.25, 0.3) is 0 Å². The van der Waals surface area contributed by atoms with Gasteiger partial charge in [0, 0.05) is 6.54 Å². The monoisotopic (exact) mass is 240 g/mol. The van der Waals surface area contributed by atoms with E-state index in [0.717, 1.165) is 24.5 Å². The summed E-state index contributed by atoms with van der Waals surface area (Å²) in [5.74, 6) is 1.14. The van der Waals surface area contributed by atoms with Crippen LogP contribution in [0.2, 0.25) is 0 Å². The van der Waals surface area contributed by atoms with Crippen LogP contribution in [0.3, 0.4) is 0 Å². The lowest BCUT2D eigenvalue weighted by Crippen LogP contribution is -2.25. The fourth-order valence-corrected chi connectivity index (χ4v) is 1.66. The van der Waals surface area contributed by atoms with Gasteiger partial charge in [0.05, 0.1) is 31.6 Å². The minimum atomic E-state index is -0.0467. The maximum atomic E-state index is 6.21. The summed E-state index contributed by atoms with van der Waals surface area (Å²) in [6.45, 7) is 5.97. The van der Waals surface area contributed by atoms with Crippen LogP contribution in [0, 0.1) is 5.92 Å². The first kappa shape index (κ1) is 14.0. The number of ether oxygens (including phenoxy) is 1. The molecule has 5 heteroatoms. The summed E-state index contributed by atoms with van der Waals surface area (Å²) in [6.07, 6.45) is 1.74. The Hall–Kier alpha value is -1.07. The van der Waals surface area contributed by atoms with E-state index in [1.165, 1.54) is 0 Å². The molecular weight excluding hydrogens is 216 g/mol. The number of hydrogen-bond acceptors (Lipinski definition) is 4. The molecule has 98 valence electrons. The van der Waals surface area contributed by atoms with E-state index < -0.39 is 0 Å². The summed E-state index contributed by atoms with van der Waals surface area (Å²) in [7, 11) is 5.75. The zero-order valence-electron chi connectivity index (χ0n) is 11.5. The lowest BCUT2D eigenvalue weighted by atomic mass is 10.0. The Morgan fingerprint density at radius 3 is 2.59 bits per heavy atom. The number of aromatic nitrogens is 2. The molecule has 0 aromatic carbocycles. The third-order valence-corrected chi connectivity index (χ3v) is 2.86. The highest BCUT2D eigenvalue weighted by atomic mass is 16.5. The zero-order chi connectivity index (χ0) is 13.0. The normalized spacial score (nSPS) is 13.4. The molecule has 17 heavy (non-hydrogen) atoms. The fraction of sp³-hybridized carbons (Fsp3) is 0.750. The Bertz CT molecular complexity index is 346. The van der Waals surface area contributed by atoms with Crippen LogP contribution in [0.5, 0.6) is 5.75 Å². The van der Waals surface area contributed by atoms with Gasteiger partial charge in [-0.3, -0.25) is 4.68 Å². The molecule has 1 unspecified atom stereocenters. The Morgan fingerprint density at radius 1 is 1.47 bits per heavy atom. The van der Waals surface area contributed by atoms with Crippen molar-refractivity contribution in [3.05, 3.63) is 11.9 Å². The summed E-state index contributed by atoms with van der Waals surface area (Å²) in [4.78, 5) is 2.12. The van der Waals surface area contributed by atoms with Crippen LogP contribution in [-0.4, -0.2) is 42.4 Å². The van der Waals surface area contributed by atoms with Crippen LogP contribution in [0.4, 0.5) is 0 Å². The van der Waals surface area contributed by atoms with Crippen molar-refractivity contribution >= 4 is 0 Å². The van der Waals surface area contributed by atoms with E-state index in [-0.39, 0.29) is 6.04 Å². The summed E-state index contributed by atoms with van der Waals surface area (Å²) in [5.41, 5.74) is 7.20. The Labute approximate surface area is 104 Å². The van der Waals surface area contributed by atoms with Crippen molar-refractivity contribution in [2.24, 2.45) is 11.7 Å². The van der Waals surface area contributed by atoms with Crippen molar-refractivity contribution < 1.29 is 4.74 Å². The van der Waals surface area contributed by atoms with Crippen LogP contribution in [0.1, 0.15) is 25.6 Å². The number of hydrogen-bond donors (Lipinski definition) is 1. The van der Waals surface area contributed by atoms with E-state index in [0.29, 0.717) is 5.92 Å². The molecule has 2 N–H and O–H groups in total. The minimum Gasteiger partial charge on any atom is -0.493 e. The molecule has 0 aliphatic carbocycles. The van der Waals surface area contributed by atoms with Gasteiger partial charge in [0.2, 0.25) is 0 Å². The predicted octanol–water partition coefficient (Wildman–Crippen LogP) is 1.11. The van der Waals surface area contributed by atoms with Crippen LogP contribution in [0.25, 0.3) is 0 Å². The lowest BCUT2D eigenvalue weighted by molar-refractivity contribution is 0.351. The van der Waals surface area contributed by atoms with E-state index in [1.54, 1.807) is 13.3 Å². The lowest BCUT2D eigenvalue weighted by Gasteiger charge is -2.19. The average molecular weight is 240 g/mol. The standard InChI is InChI=1S/C12H24N4O/c1-9(2)11(13)12-10(17-5)8-14-16(12)7-6-15(3)4/h8-9,11H,6-7,13H2,1-5H3. The molecule has 0 amide bonds. The number of likely N-dealkylation sites (N-methyl/N-ethyl adjacent to an activating group) is 1. The highest BCUT2D eigenvalue weighted by Crippen LogP contribution is 2.27. The molecule has 1 rings (SSSR count). The Kier molecular flexibility index (Phi) is 4.96. The van der Waals surface area contributed by atoms with Crippen LogP contribution in [-0.2, 0) is 6.54 Å². The van der Waals surface area contributed by atoms with Crippen LogP contribution >= 0.6 is 0 Å². The molecular formula is C12H24N4O. The van der Waals surface area contributed by atoms with Crippen LogP contribution < -0.4 is 10.5 Å². The van der Waals surface area contributed by atoms with Crippen LogP contribution in [0.15, 0.2) is 6.20 Å². The largest absolute Gasteiger partial charge is 0.493 e. The van der Waals surface area contributed by atoms with Gasteiger partial charge in [-0.2, -0.15) is 5.10 Å². The molecule has 0 saturated carbocycles. The van der Waals surface area contributed by atoms with E-state index in [1.807, 2.05) is 18.8 Å². The van der Waals surface area contributed by atoms with Crippen molar-refractivity contribution in [1.29, 1.82) is 0 Å². The number of methoxy groups -OCH3 is 1. The first-order valence-corrected chi connectivity index (χ1v) is 5.97. The summed E-state index contributed by atoms with van der Waals surface area (Å²) in [5, 5.41) is 4.35. The van der Waals surface area contributed by atoms with Gasteiger partial charge in [-0.15, -0.1) is 0 Å². The fourth-order valence-electron chi connectivity index (χ4n) is 1.66. The van der Waals surface area contributed by atoms with Gasteiger partial charge in [-0.25, -0.2) is 0 Å². The quantitative estimate of drug-likeness (QED) is 0.809. The van der Waals surface area contributed by atoms with Gasteiger partial charge in [-0.05, 0) is 20.0 Å². The van der Waals surface area contributed by atoms with Gasteiger partial charge >= 0.3 is 0 Å². The second-order valence-corrected chi connectivity index (χ2v) is 4.89. The molecule has 0 saturated heterocycles. The number of nitrogens with zero attached hydrogens (tertiary/aromatic N) is 3. The molecule has 0 aliphatic rings. The third-order valence-electron chi connectivity index (χ3n) is 2.86. The maximum Gasteiger partial charge on any atom is 0.161 e. The molecule has 0 aliphatic heterocycles. The first-order chi connectivity index (χ1) is 7.97. The molecule has 0 spiro atoms. The van der Waals surface area contributed by atoms with Crippen molar-refractivity contribution in [3.8, 4) is 5.75 Å². The predicted molar refractivity (Wildman–Crippen MR) is 69.1 cm³/mol. The van der Waals surface area contributed by atoms with Crippen molar-refractivity contribution in [1.82, 2.24) is 14.7 Å². The van der Waals surface area contributed by atoms with Gasteiger partial charge in [0.15, 0.2) is 5.75 Å². The highest BCUT2D eigenvalue weighted by Gasteiger charge is 2.21. The van der Waals surface area contributed by atoms with Crippen molar-refractivity contribution in [2.75, 3.05) is 27.7 Å². The smallest absolute Gasteiger partial charge is 0.161 e.